The Kier molecular flexibility index (Phi) is 5.98. The van der Waals surface area contributed by atoms with Crippen LogP contribution in [0.1, 0.15) is 33.9 Å². The number of hydrogen-bond donors (Lipinski definition) is 2. The Labute approximate surface area is 195 Å². The lowest BCUT2D eigenvalue weighted by atomic mass is 10.1. The van der Waals surface area contributed by atoms with Gasteiger partial charge in [0.1, 0.15) is 4.83 Å². The van der Waals surface area contributed by atoms with Crippen molar-refractivity contribution in [3.63, 3.8) is 0 Å². The molecule has 0 bridgehead atoms. The van der Waals surface area contributed by atoms with E-state index < -0.39 is 16.1 Å². The van der Waals surface area contributed by atoms with Crippen LogP contribution < -0.4 is 10.0 Å². The standard InChI is InChI=1S/C22H21ClN4O3S2/c1-13(15-8-4-6-10-18(15)26-32(3,29)30)24-21(28)20-12-16-14(2)25-27(22(16)31-20)19-11-7-5-9-17(19)23/h4-13,26H,1-3H3,(H,24,28). The molecule has 1 unspecified atom stereocenters. The van der Waals surface area contributed by atoms with E-state index in [0.29, 0.717) is 21.2 Å². The van der Waals surface area contributed by atoms with E-state index in [1.807, 2.05) is 38.1 Å². The van der Waals surface area contributed by atoms with Gasteiger partial charge in [-0.05, 0) is 43.7 Å². The van der Waals surface area contributed by atoms with Crippen LogP contribution in [0.5, 0.6) is 0 Å². The Hall–Kier alpha value is -2.88. The van der Waals surface area contributed by atoms with Crippen LogP contribution in [0.15, 0.2) is 54.6 Å². The number of aromatic nitrogens is 2. The summed E-state index contributed by atoms with van der Waals surface area (Å²) in [6, 6.07) is 15.8. The summed E-state index contributed by atoms with van der Waals surface area (Å²) in [5, 5.41) is 8.99. The summed E-state index contributed by atoms with van der Waals surface area (Å²) in [6.07, 6.45) is 1.09. The highest BCUT2D eigenvalue weighted by Gasteiger charge is 2.21. The predicted molar refractivity (Wildman–Crippen MR) is 129 cm³/mol. The number of benzene rings is 2. The third kappa shape index (κ3) is 4.50. The molecule has 0 spiro atoms. The van der Waals surface area contributed by atoms with Gasteiger partial charge < -0.3 is 5.32 Å². The van der Waals surface area contributed by atoms with Crippen molar-refractivity contribution in [1.29, 1.82) is 0 Å². The maximum Gasteiger partial charge on any atom is 0.261 e. The van der Waals surface area contributed by atoms with Crippen LogP contribution >= 0.6 is 22.9 Å². The molecule has 2 heterocycles. The van der Waals surface area contributed by atoms with E-state index in [2.05, 4.69) is 15.1 Å². The Morgan fingerprint density at radius 1 is 1.16 bits per heavy atom. The van der Waals surface area contributed by atoms with Crippen LogP contribution in [0, 0.1) is 6.92 Å². The smallest absolute Gasteiger partial charge is 0.261 e. The Bertz CT molecular complexity index is 1430. The third-order valence-electron chi connectivity index (χ3n) is 4.92. The van der Waals surface area contributed by atoms with Gasteiger partial charge in [0.15, 0.2) is 0 Å². The van der Waals surface area contributed by atoms with Crippen molar-refractivity contribution < 1.29 is 13.2 Å². The zero-order valence-electron chi connectivity index (χ0n) is 17.6. The summed E-state index contributed by atoms with van der Waals surface area (Å²) in [7, 11) is -3.44. The van der Waals surface area contributed by atoms with E-state index in [1.165, 1.54) is 11.3 Å². The average molecular weight is 489 g/mol. The van der Waals surface area contributed by atoms with Crippen molar-refractivity contribution in [2.75, 3.05) is 11.0 Å². The van der Waals surface area contributed by atoms with Gasteiger partial charge in [-0.15, -0.1) is 11.3 Å². The van der Waals surface area contributed by atoms with Gasteiger partial charge in [-0.1, -0.05) is 41.9 Å². The largest absolute Gasteiger partial charge is 0.345 e. The summed E-state index contributed by atoms with van der Waals surface area (Å²) in [5.41, 5.74) is 2.65. The van der Waals surface area contributed by atoms with Crippen molar-refractivity contribution >= 4 is 54.8 Å². The minimum absolute atomic E-state index is 0.252. The molecular formula is C22H21ClN4O3S2. The second kappa shape index (κ2) is 8.57. The van der Waals surface area contributed by atoms with Crippen LogP contribution in [-0.4, -0.2) is 30.4 Å². The maximum absolute atomic E-state index is 13.0. The highest BCUT2D eigenvalue weighted by atomic mass is 35.5. The van der Waals surface area contributed by atoms with Crippen molar-refractivity contribution in [3.8, 4) is 5.69 Å². The number of sulfonamides is 1. The summed E-state index contributed by atoms with van der Waals surface area (Å²) >= 11 is 7.68. The van der Waals surface area contributed by atoms with Gasteiger partial charge in [0.25, 0.3) is 5.91 Å². The number of aryl methyl sites for hydroxylation is 1. The molecule has 32 heavy (non-hydrogen) atoms. The molecule has 2 aromatic heterocycles. The molecule has 1 amide bonds. The van der Waals surface area contributed by atoms with Crippen LogP contribution in [-0.2, 0) is 10.0 Å². The number of rotatable bonds is 6. The molecule has 7 nitrogen and oxygen atoms in total. The molecule has 0 saturated carbocycles. The number of amides is 1. The van der Waals surface area contributed by atoms with E-state index in [1.54, 1.807) is 35.0 Å². The number of para-hydroxylation sites is 2. The van der Waals surface area contributed by atoms with Crippen molar-refractivity contribution in [3.05, 3.63) is 75.8 Å². The molecule has 0 radical (unpaired) electrons. The Morgan fingerprint density at radius 3 is 2.56 bits per heavy atom. The average Bonchev–Trinajstić information content (AvgIpc) is 3.28. The first-order chi connectivity index (χ1) is 15.1. The van der Waals surface area contributed by atoms with E-state index in [4.69, 9.17) is 11.6 Å². The summed E-state index contributed by atoms with van der Waals surface area (Å²) < 4.78 is 27.6. The Balaban J connectivity index is 1.63. The van der Waals surface area contributed by atoms with Crippen molar-refractivity contribution in [2.24, 2.45) is 0 Å². The fourth-order valence-electron chi connectivity index (χ4n) is 3.46. The lowest BCUT2D eigenvalue weighted by Gasteiger charge is -2.18. The first-order valence-corrected chi connectivity index (χ1v) is 12.8. The van der Waals surface area contributed by atoms with Gasteiger partial charge in [-0.3, -0.25) is 9.52 Å². The number of nitrogens with zero attached hydrogens (tertiary/aromatic N) is 2. The molecule has 2 N–H and O–H groups in total. The highest BCUT2D eigenvalue weighted by Crippen LogP contribution is 2.33. The van der Waals surface area contributed by atoms with Crippen LogP contribution in [0.25, 0.3) is 15.9 Å². The molecule has 1 atom stereocenters. The maximum atomic E-state index is 13.0. The zero-order valence-corrected chi connectivity index (χ0v) is 20.0. The van der Waals surface area contributed by atoms with Crippen LogP contribution in [0.3, 0.4) is 0 Å². The highest BCUT2D eigenvalue weighted by molar-refractivity contribution is 7.92. The minimum atomic E-state index is -3.44. The number of halogens is 1. The Morgan fingerprint density at radius 2 is 1.84 bits per heavy atom. The van der Waals surface area contributed by atoms with E-state index in [-0.39, 0.29) is 5.91 Å². The number of carbonyl (C=O) groups is 1. The monoisotopic (exact) mass is 488 g/mol. The normalized spacial score (nSPS) is 12.6. The van der Waals surface area contributed by atoms with E-state index >= 15 is 0 Å². The van der Waals surface area contributed by atoms with Gasteiger partial charge in [-0.25, -0.2) is 13.1 Å². The molecule has 0 aliphatic rings. The summed E-state index contributed by atoms with van der Waals surface area (Å²) in [5.74, 6) is -0.252. The lowest BCUT2D eigenvalue weighted by molar-refractivity contribution is 0.0944. The number of anilines is 1. The number of nitrogens with one attached hydrogen (secondary N) is 2. The molecule has 0 fully saturated rings. The first kappa shape index (κ1) is 22.3. The number of thiophene rings is 1. The molecule has 2 aromatic carbocycles. The van der Waals surface area contributed by atoms with Gasteiger partial charge in [0, 0.05) is 5.39 Å². The van der Waals surface area contributed by atoms with Crippen molar-refractivity contribution in [2.45, 2.75) is 19.9 Å². The summed E-state index contributed by atoms with van der Waals surface area (Å²) in [6.45, 7) is 3.70. The molecule has 0 saturated heterocycles. The van der Waals surface area contributed by atoms with Crippen LogP contribution in [0.2, 0.25) is 5.02 Å². The molecule has 4 rings (SSSR count). The SMILES string of the molecule is Cc1nn(-c2ccccc2Cl)c2sc(C(=O)NC(C)c3ccccc3NS(C)(=O)=O)cc12. The van der Waals surface area contributed by atoms with Gasteiger partial charge in [0.05, 0.1) is 39.3 Å². The fraction of sp³-hybridized carbons (Fsp3) is 0.182. The third-order valence-corrected chi connectivity index (χ3v) is 6.94. The molecule has 4 aromatic rings. The molecule has 10 heteroatoms. The molecule has 0 aliphatic carbocycles. The van der Waals surface area contributed by atoms with Gasteiger partial charge in [-0.2, -0.15) is 5.10 Å². The number of hydrogen-bond acceptors (Lipinski definition) is 5. The van der Waals surface area contributed by atoms with E-state index in [9.17, 15) is 13.2 Å². The topological polar surface area (TPSA) is 93.1 Å². The second-order valence-electron chi connectivity index (χ2n) is 7.43. The van der Waals surface area contributed by atoms with E-state index in [0.717, 1.165) is 27.9 Å². The molecular weight excluding hydrogens is 468 g/mol. The molecule has 0 aliphatic heterocycles. The van der Waals surface area contributed by atoms with Crippen molar-refractivity contribution in [1.82, 2.24) is 15.1 Å². The zero-order chi connectivity index (χ0) is 23.0. The lowest BCUT2D eigenvalue weighted by Crippen LogP contribution is -2.27. The summed E-state index contributed by atoms with van der Waals surface area (Å²) in [4.78, 5) is 14.4. The fourth-order valence-corrected chi connectivity index (χ4v) is 5.34. The quantitative estimate of drug-likeness (QED) is 0.403. The number of carbonyl (C=O) groups excluding carboxylic acids is 1. The molecule has 166 valence electrons. The number of fused-ring (bicyclic) bond motifs is 1. The van der Waals surface area contributed by atoms with Crippen LogP contribution in [0.4, 0.5) is 5.69 Å². The predicted octanol–water partition coefficient (Wildman–Crippen LogP) is 4.91. The van der Waals surface area contributed by atoms with Gasteiger partial charge in [0.2, 0.25) is 10.0 Å². The second-order valence-corrected chi connectivity index (χ2v) is 10.6. The van der Waals surface area contributed by atoms with Gasteiger partial charge >= 0.3 is 0 Å². The first-order valence-electron chi connectivity index (χ1n) is 9.75. The minimum Gasteiger partial charge on any atom is -0.345 e.